The summed E-state index contributed by atoms with van der Waals surface area (Å²) in [4.78, 5) is 12.7. The van der Waals surface area contributed by atoms with Crippen molar-refractivity contribution in [3.63, 3.8) is 0 Å². The molecule has 5 nitrogen and oxygen atoms in total. The van der Waals surface area contributed by atoms with Gasteiger partial charge in [0.25, 0.3) is 0 Å². The van der Waals surface area contributed by atoms with E-state index >= 15 is 0 Å². The fraction of sp³-hybridized carbons (Fsp3) is 0.182. The van der Waals surface area contributed by atoms with Crippen LogP contribution in [-0.2, 0) is 16.6 Å². The predicted molar refractivity (Wildman–Crippen MR) is 74.4 cm³/mol. The number of hydrogen-bond donors (Lipinski definition) is 2. The van der Waals surface area contributed by atoms with E-state index in [1.54, 1.807) is 0 Å². The summed E-state index contributed by atoms with van der Waals surface area (Å²) in [6.07, 6.45) is 0. The first-order valence-electron chi connectivity index (χ1n) is 5.25. The molecular weight excluding hydrogens is 306 g/mol. The maximum absolute atomic E-state index is 12.0. The SMILES string of the molecule is Cc1ccc(CNS(=O)(=O)c2csc(C(=O)O)c2)s1. The normalized spacial score (nSPS) is 11.6. The van der Waals surface area contributed by atoms with Crippen molar-refractivity contribution >= 4 is 38.7 Å². The zero-order chi connectivity index (χ0) is 14.0. The third-order valence-electron chi connectivity index (χ3n) is 2.33. The van der Waals surface area contributed by atoms with Crippen molar-refractivity contribution in [2.75, 3.05) is 0 Å². The van der Waals surface area contributed by atoms with E-state index < -0.39 is 16.0 Å². The second-order valence-corrected chi connectivity index (χ2v) is 7.84. The summed E-state index contributed by atoms with van der Waals surface area (Å²) >= 11 is 2.41. The molecule has 0 bridgehead atoms. The number of sulfonamides is 1. The minimum absolute atomic E-state index is 0.00680. The van der Waals surface area contributed by atoms with Crippen LogP contribution in [0.2, 0.25) is 0 Å². The van der Waals surface area contributed by atoms with Gasteiger partial charge in [-0.3, -0.25) is 0 Å². The lowest BCUT2D eigenvalue weighted by molar-refractivity contribution is 0.0702. The second-order valence-electron chi connectivity index (χ2n) is 3.79. The van der Waals surface area contributed by atoms with Gasteiger partial charge in [-0.15, -0.1) is 22.7 Å². The van der Waals surface area contributed by atoms with E-state index in [2.05, 4.69) is 4.72 Å². The molecule has 0 saturated heterocycles. The molecule has 2 N–H and O–H groups in total. The molecule has 0 amide bonds. The summed E-state index contributed by atoms with van der Waals surface area (Å²) < 4.78 is 26.4. The Morgan fingerprint density at radius 2 is 2.16 bits per heavy atom. The Labute approximate surface area is 118 Å². The van der Waals surface area contributed by atoms with Gasteiger partial charge >= 0.3 is 5.97 Å². The quantitative estimate of drug-likeness (QED) is 0.886. The van der Waals surface area contributed by atoms with Crippen LogP contribution in [0.3, 0.4) is 0 Å². The zero-order valence-electron chi connectivity index (χ0n) is 9.91. The Bertz CT molecular complexity index is 699. The average molecular weight is 317 g/mol. The van der Waals surface area contributed by atoms with Gasteiger partial charge in [-0.2, -0.15) is 0 Å². The van der Waals surface area contributed by atoms with E-state index in [0.29, 0.717) is 0 Å². The lowest BCUT2D eigenvalue weighted by Gasteiger charge is -2.02. The molecule has 2 aromatic heterocycles. The minimum atomic E-state index is -3.66. The van der Waals surface area contributed by atoms with Crippen molar-refractivity contribution in [1.29, 1.82) is 0 Å². The first kappa shape index (κ1) is 14.2. The van der Waals surface area contributed by atoms with Gasteiger partial charge in [0.15, 0.2) is 0 Å². The van der Waals surface area contributed by atoms with Crippen LogP contribution >= 0.6 is 22.7 Å². The first-order valence-corrected chi connectivity index (χ1v) is 8.43. The Hall–Kier alpha value is -1.22. The van der Waals surface area contributed by atoms with Gasteiger partial charge in [0.2, 0.25) is 10.0 Å². The van der Waals surface area contributed by atoms with Gasteiger partial charge < -0.3 is 5.11 Å². The van der Waals surface area contributed by atoms with Crippen LogP contribution < -0.4 is 4.72 Å². The maximum Gasteiger partial charge on any atom is 0.345 e. The third kappa shape index (κ3) is 3.41. The molecular formula is C11H11NO4S3. The Morgan fingerprint density at radius 1 is 1.42 bits per heavy atom. The van der Waals surface area contributed by atoms with Crippen molar-refractivity contribution < 1.29 is 18.3 Å². The molecule has 0 atom stereocenters. The molecule has 8 heteroatoms. The van der Waals surface area contributed by atoms with Gasteiger partial charge in [-0.25, -0.2) is 17.9 Å². The summed E-state index contributed by atoms with van der Waals surface area (Å²) in [7, 11) is -3.66. The molecule has 0 aliphatic heterocycles. The Morgan fingerprint density at radius 3 is 2.68 bits per heavy atom. The molecule has 0 spiro atoms. The number of nitrogens with one attached hydrogen (secondary N) is 1. The van der Waals surface area contributed by atoms with Gasteiger partial charge in [-0.1, -0.05) is 0 Å². The van der Waals surface area contributed by atoms with E-state index in [9.17, 15) is 13.2 Å². The van der Waals surface area contributed by atoms with E-state index in [0.717, 1.165) is 27.2 Å². The molecule has 0 saturated carbocycles. The molecule has 102 valence electrons. The monoisotopic (exact) mass is 317 g/mol. The number of carboxylic acids is 1. The topological polar surface area (TPSA) is 83.5 Å². The molecule has 0 radical (unpaired) electrons. The number of thiophene rings is 2. The number of rotatable bonds is 5. The Kier molecular flexibility index (Phi) is 4.04. The molecule has 0 fully saturated rings. The van der Waals surface area contributed by atoms with Crippen LogP contribution in [0, 0.1) is 6.92 Å². The standard InChI is InChI=1S/C11H11NO4S3/c1-7-2-3-8(18-7)5-12-19(15,16)9-4-10(11(13)14)17-6-9/h2-4,6,12H,5H2,1H3,(H,13,14). The largest absolute Gasteiger partial charge is 0.477 e. The van der Waals surface area contributed by atoms with Gasteiger partial charge in [0, 0.05) is 21.7 Å². The summed E-state index contributed by atoms with van der Waals surface area (Å²) in [6.45, 7) is 2.15. The van der Waals surface area contributed by atoms with Crippen molar-refractivity contribution in [2.45, 2.75) is 18.4 Å². The lowest BCUT2D eigenvalue weighted by Crippen LogP contribution is -2.22. The van der Waals surface area contributed by atoms with Crippen LogP contribution in [0.4, 0.5) is 0 Å². The Balaban J connectivity index is 2.11. The number of aryl methyl sites for hydroxylation is 1. The smallest absolute Gasteiger partial charge is 0.345 e. The van der Waals surface area contributed by atoms with Crippen LogP contribution in [0.5, 0.6) is 0 Å². The summed E-state index contributed by atoms with van der Waals surface area (Å²) in [5.74, 6) is -1.12. The minimum Gasteiger partial charge on any atom is -0.477 e. The highest BCUT2D eigenvalue weighted by Gasteiger charge is 2.18. The number of carboxylic acid groups (broad SMARTS) is 1. The van der Waals surface area contributed by atoms with E-state index in [1.807, 2.05) is 19.1 Å². The van der Waals surface area contributed by atoms with E-state index in [1.165, 1.54) is 16.7 Å². The van der Waals surface area contributed by atoms with Crippen molar-refractivity contribution in [3.8, 4) is 0 Å². The molecule has 0 unspecified atom stereocenters. The number of hydrogen-bond acceptors (Lipinski definition) is 5. The maximum atomic E-state index is 12.0. The van der Waals surface area contributed by atoms with Crippen molar-refractivity contribution in [1.82, 2.24) is 4.72 Å². The molecule has 2 rings (SSSR count). The molecule has 2 aromatic rings. The molecule has 19 heavy (non-hydrogen) atoms. The van der Waals surface area contributed by atoms with Gasteiger partial charge in [0.1, 0.15) is 4.88 Å². The van der Waals surface area contributed by atoms with E-state index in [4.69, 9.17) is 5.11 Å². The van der Waals surface area contributed by atoms with E-state index in [-0.39, 0.29) is 16.3 Å². The average Bonchev–Trinajstić information content (AvgIpc) is 2.95. The molecule has 0 aliphatic carbocycles. The van der Waals surface area contributed by atoms with Crippen LogP contribution in [0.25, 0.3) is 0 Å². The summed E-state index contributed by atoms with van der Waals surface area (Å²) in [5.41, 5.74) is 0. The van der Waals surface area contributed by atoms with Crippen LogP contribution in [0.15, 0.2) is 28.5 Å². The highest BCUT2D eigenvalue weighted by molar-refractivity contribution is 7.89. The van der Waals surface area contributed by atoms with Gasteiger partial charge in [-0.05, 0) is 25.1 Å². The fourth-order valence-electron chi connectivity index (χ4n) is 1.40. The third-order valence-corrected chi connectivity index (χ3v) is 5.78. The highest BCUT2D eigenvalue weighted by atomic mass is 32.2. The molecule has 0 aromatic carbocycles. The van der Waals surface area contributed by atoms with Gasteiger partial charge in [0.05, 0.1) is 4.90 Å². The fourth-order valence-corrected chi connectivity index (χ4v) is 4.44. The van der Waals surface area contributed by atoms with Crippen LogP contribution in [-0.4, -0.2) is 19.5 Å². The summed E-state index contributed by atoms with van der Waals surface area (Å²) in [6, 6.07) is 4.94. The first-order chi connectivity index (χ1) is 8.88. The molecule has 2 heterocycles. The van der Waals surface area contributed by atoms with Crippen molar-refractivity contribution in [3.05, 3.63) is 38.2 Å². The number of carbonyl (C=O) groups is 1. The predicted octanol–water partition coefficient (Wildman–Crippen LogP) is 2.29. The van der Waals surface area contributed by atoms with Crippen molar-refractivity contribution in [2.24, 2.45) is 0 Å². The van der Waals surface area contributed by atoms with Crippen LogP contribution in [0.1, 0.15) is 19.4 Å². The summed E-state index contributed by atoms with van der Waals surface area (Å²) in [5, 5.41) is 10.1. The second kappa shape index (κ2) is 5.41. The highest BCUT2D eigenvalue weighted by Crippen LogP contribution is 2.20. The lowest BCUT2D eigenvalue weighted by atomic mass is 10.4. The number of aromatic carboxylic acids is 1. The molecule has 0 aliphatic rings. The zero-order valence-corrected chi connectivity index (χ0v) is 12.4.